The van der Waals surface area contributed by atoms with E-state index in [2.05, 4.69) is 31.1 Å². The van der Waals surface area contributed by atoms with Gasteiger partial charge in [0.1, 0.15) is 0 Å². The van der Waals surface area contributed by atoms with E-state index < -0.39 is 0 Å². The minimum Gasteiger partial charge on any atom is -0.461 e. The second-order valence-corrected chi connectivity index (χ2v) is 4.06. The lowest BCUT2D eigenvalue weighted by atomic mass is 10.2. The second kappa shape index (κ2) is 6.37. The predicted octanol–water partition coefficient (Wildman–Crippen LogP) is 2.38. The molecule has 0 fully saturated rings. The van der Waals surface area contributed by atoms with Crippen LogP contribution < -0.4 is 0 Å². The molecule has 1 aromatic rings. The van der Waals surface area contributed by atoms with E-state index in [1.165, 1.54) is 0 Å². The van der Waals surface area contributed by atoms with Crippen molar-refractivity contribution < 1.29 is 9.53 Å². The molecule has 0 aliphatic carbocycles. The van der Waals surface area contributed by atoms with Crippen molar-refractivity contribution in [3.05, 3.63) is 11.4 Å². The molecule has 96 valence electrons. The van der Waals surface area contributed by atoms with E-state index in [0.717, 1.165) is 25.0 Å². The molecule has 0 aromatic carbocycles. The van der Waals surface area contributed by atoms with Crippen LogP contribution in [0.25, 0.3) is 0 Å². The topological polar surface area (TPSA) is 57.0 Å². The third kappa shape index (κ3) is 3.05. The molecular formula is C12H21N3O2. The van der Waals surface area contributed by atoms with Crippen molar-refractivity contribution in [1.82, 2.24) is 15.0 Å². The molecule has 0 aliphatic heterocycles. The van der Waals surface area contributed by atoms with Crippen molar-refractivity contribution in [3.8, 4) is 0 Å². The Labute approximate surface area is 102 Å². The highest BCUT2D eigenvalue weighted by Crippen LogP contribution is 2.17. The van der Waals surface area contributed by atoms with Crippen LogP contribution in [-0.2, 0) is 11.2 Å². The normalized spacial score (nSPS) is 12.5. The largest absolute Gasteiger partial charge is 0.461 e. The quantitative estimate of drug-likeness (QED) is 0.715. The summed E-state index contributed by atoms with van der Waals surface area (Å²) in [7, 11) is 0. The zero-order valence-electron chi connectivity index (χ0n) is 11.1. The van der Waals surface area contributed by atoms with Crippen molar-refractivity contribution in [2.45, 2.75) is 53.0 Å². The molecule has 0 saturated heterocycles. The van der Waals surface area contributed by atoms with E-state index in [4.69, 9.17) is 4.74 Å². The highest BCUT2D eigenvalue weighted by atomic mass is 16.5. The Morgan fingerprint density at radius 3 is 2.65 bits per heavy atom. The molecule has 5 nitrogen and oxygen atoms in total. The van der Waals surface area contributed by atoms with Gasteiger partial charge in [-0.2, -0.15) is 0 Å². The molecule has 0 amide bonds. The first kappa shape index (κ1) is 13.7. The van der Waals surface area contributed by atoms with E-state index in [1.807, 2.05) is 4.68 Å². The number of carbonyl (C=O) groups excluding carboxylic acids is 1. The Hall–Kier alpha value is -1.39. The van der Waals surface area contributed by atoms with E-state index in [0.29, 0.717) is 12.3 Å². The van der Waals surface area contributed by atoms with E-state index in [9.17, 15) is 4.79 Å². The molecule has 1 atom stereocenters. The van der Waals surface area contributed by atoms with Crippen molar-refractivity contribution in [3.63, 3.8) is 0 Å². The standard InChI is InChI=1S/C12H21N3O2/c1-5-8-10-11(12(16)17-7-3)13-14-15(10)9(4)6-2/h9H,5-8H2,1-4H3. The highest BCUT2D eigenvalue weighted by molar-refractivity contribution is 5.88. The van der Waals surface area contributed by atoms with Gasteiger partial charge in [0.2, 0.25) is 0 Å². The van der Waals surface area contributed by atoms with Crippen LogP contribution in [0.1, 0.15) is 62.8 Å². The second-order valence-electron chi connectivity index (χ2n) is 4.06. The zero-order valence-corrected chi connectivity index (χ0v) is 11.1. The smallest absolute Gasteiger partial charge is 0.360 e. The zero-order chi connectivity index (χ0) is 12.8. The number of nitrogens with zero attached hydrogens (tertiary/aromatic N) is 3. The molecule has 0 bridgehead atoms. The number of carbonyl (C=O) groups is 1. The third-order valence-electron chi connectivity index (χ3n) is 2.75. The van der Waals surface area contributed by atoms with Gasteiger partial charge in [-0.1, -0.05) is 25.5 Å². The number of rotatable bonds is 6. The molecule has 17 heavy (non-hydrogen) atoms. The molecule has 0 radical (unpaired) electrons. The maximum absolute atomic E-state index is 11.7. The summed E-state index contributed by atoms with van der Waals surface area (Å²) in [5, 5.41) is 8.04. The third-order valence-corrected chi connectivity index (χ3v) is 2.75. The first-order chi connectivity index (χ1) is 8.15. The fourth-order valence-corrected chi connectivity index (χ4v) is 1.67. The lowest BCUT2D eigenvalue weighted by Crippen LogP contribution is -2.13. The lowest BCUT2D eigenvalue weighted by Gasteiger charge is -2.12. The van der Waals surface area contributed by atoms with Crippen LogP contribution in [0.2, 0.25) is 0 Å². The number of hydrogen-bond donors (Lipinski definition) is 0. The van der Waals surface area contributed by atoms with Crippen LogP contribution in [0, 0.1) is 0 Å². The van der Waals surface area contributed by atoms with E-state index in [1.54, 1.807) is 6.92 Å². The van der Waals surface area contributed by atoms with Gasteiger partial charge in [-0.15, -0.1) is 5.10 Å². The van der Waals surface area contributed by atoms with Crippen LogP contribution in [0.4, 0.5) is 0 Å². The van der Waals surface area contributed by atoms with Gasteiger partial charge >= 0.3 is 5.97 Å². The van der Waals surface area contributed by atoms with Crippen molar-refractivity contribution >= 4 is 5.97 Å². The van der Waals surface area contributed by atoms with Crippen molar-refractivity contribution in [1.29, 1.82) is 0 Å². The van der Waals surface area contributed by atoms with E-state index in [-0.39, 0.29) is 12.0 Å². The first-order valence-corrected chi connectivity index (χ1v) is 6.26. The summed E-state index contributed by atoms with van der Waals surface area (Å²) in [4.78, 5) is 11.7. The maximum Gasteiger partial charge on any atom is 0.360 e. The first-order valence-electron chi connectivity index (χ1n) is 6.26. The number of esters is 1. The summed E-state index contributed by atoms with van der Waals surface area (Å²) < 4.78 is 6.83. The van der Waals surface area contributed by atoms with Gasteiger partial charge in [0.15, 0.2) is 5.69 Å². The summed E-state index contributed by atoms with van der Waals surface area (Å²) in [6.45, 7) is 8.38. The summed E-state index contributed by atoms with van der Waals surface area (Å²) in [5.74, 6) is -0.370. The Balaban J connectivity index is 3.05. The van der Waals surface area contributed by atoms with Gasteiger partial charge in [-0.25, -0.2) is 9.48 Å². The number of ether oxygens (including phenoxy) is 1. The molecule has 0 saturated carbocycles. The van der Waals surface area contributed by atoms with Crippen LogP contribution >= 0.6 is 0 Å². The molecule has 1 rings (SSSR count). The van der Waals surface area contributed by atoms with Gasteiger partial charge in [0.25, 0.3) is 0 Å². The highest BCUT2D eigenvalue weighted by Gasteiger charge is 2.21. The van der Waals surface area contributed by atoms with Gasteiger partial charge in [-0.05, 0) is 26.7 Å². The van der Waals surface area contributed by atoms with Gasteiger partial charge in [0.05, 0.1) is 18.3 Å². The molecule has 0 N–H and O–H groups in total. The molecule has 1 aromatic heterocycles. The Bertz CT molecular complexity index is 374. The molecular weight excluding hydrogens is 218 g/mol. The Morgan fingerprint density at radius 2 is 2.12 bits per heavy atom. The summed E-state index contributed by atoms with van der Waals surface area (Å²) in [5.41, 5.74) is 1.26. The lowest BCUT2D eigenvalue weighted by molar-refractivity contribution is 0.0518. The molecule has 1 unspecified atom stereocenters. The van der Waals surface area contributed by atoms with Gasteiger partial charge < -0.3 is 4.74 Å². The number of hydrogen-bond acceptors (Lipinski definition) is 4. The average molecular weight is 239 g/mol. The Morgan fingerprint density at radius 1 is 1.41 bits per heavy atom. The molecule has 0 spiro atoms. The van der Waals surface area contributed by atoms with Gasteiger partial charge in [0, 0.05) is 0 Å². The van der Waals surface area contributed by atoms with Gasteiger partial charge in [-0.3, -0.25) is 0 Å². The van der Waals surface area contributed by atoms with Crippen LogP contribution in [0.15, 0.2) is 0 Å². The minimum atomic E-state index is -0.370. The van der Waals surface area contributed by atoms with Crippen LogP contribution in [-0.4, -0.2) is 27.6 Å². The SMILES string of the molecule is CCCc1c(C(=O)OCC)nnn1C(C)CC. The van der Waals surface area contributed by atoms with Crippen molar-refractivity contribution in [2.75, 3.05) is 6.61 Å². The summed E-state index contributed by atoms with van der Waals surface area (Å²) in [6.07, 6.45) is 2.71. The van der Waals surface area contributed by atoms with E-state index >= 15 is 0 Å². The monoisotopic (exact) mass is 239 g/mol. The Kier molecular flexibility index (Phi) is 5.12. The summed E-state index contributed by atoms with van der Waals surface area (Å²) >= 11 is 0. The molecule has 1 heterocycles. The minimum absolute atomic E-state index is 0.257. The van der Waals surface area contributed by atoms with Crippen LogP contribution in [0.5, 0.6) is 0 Å². The van der Waals surface area contributed by atoms with Crippen molar-refractivity contribution in [2.24, 2.45) is 0 Å². The van der Waals surface area contributed by atoms with Crippen LogP contribution in [0.3, 0.4) is 0 Å². The maximum atomic E-state index is 11.7. The fraction of sp³-hybridized carbons (Fsp3) is 0.750. The summed E-state index contributed by atoms with van der Waals surface area (Å²) in [6, 6.07) is 0.257. The average Bonchev–Trinajstić information content (AvgIpc) is 2.73. The number of aromatic nitrogens is 3. The fourth-order valence-electron chi connectivity index (χ4n) is 1.67. The predicted molar refractivity (Wildman–Crippen MR) is 65.0 cm³/mol. The molecule has 5 heteroatoms. The molecule has 0 aliphatic rings.